The molecule has 0 fully saturated rings. The van der Waals surface area contributed by atoms with Crippen molar-refractivity contribution >= 4 is 34.1 Å². The molecule has 0 aromatic heterocycles. The third kappa shape index (κ3) is 73.5. The summed E-state index contributed by atoms with van der Waals surface area (Å²) < 4.78 is 0. The summed E-state index contributed by atoms with van der Waals surface area (Å²) in [4.78, 5) is 0. The number of halogens is 4. The molecule has 0 unspecified atom stereocenters. The van der Waals surface area contributed by atoms with Crippen LogP contribution in [0, 0.1) is 0 Å². The molecule has 0 radical (unpaired) electrons. The predicted molar refractivity (Wildman–Crippen MR) is 30.6 cm³/mol. The summed E-state index contributed by atoms with van der Waals surface area (Å²) in [6.45, 7) is 0. The molecule has 48 valence electrons. The average Bonchev–Trinajstić information content (AvgIpc) is 0.722. The van der Waals surface area contributed by atoms with E-state index in [4.69, 9.17) is 34.1 Å². The van der Waals surface area contributed by atoms with Gasteiger partial charge in [0.15, 0.2) is 0 Å². The minimum absolute atomic E-state index is 0. The topological polar surface area (TPSA) is 63.0 Å². The fraction of sp³-hybridized carbons (Fsp3) is 0. The van der Waals surface area contributed by atoms with Crippen molar-refractivity contribution in [2.75, 3.05) is 0 Å². The van der Waals surface area contributed by atoms with Gasteiger partial charge < -0.3 is 11.0 Å². The van der Waals surface area contributed by atoms with Crippen LogP contribution in [0.2, 0.25) is 0 Å². The van der Waals surface area contributed by atoms with E-state index in [1.807, 2.05) is 0 Å². The standard InChI is InChI=1S/4ClH.2H2O.Zr/h4*1H;2*1H2;/q;;;;;;+4/p-4. The molecule has 7 heteroatoms. The van der Waals surface area contributed by atoms with Crippen LogP contribution in [-0.4, -0.2) is 11.0 Å². The van der Waals surface area contributed by atoms with E-state index >= 15 is 0 Å². The van der Waals surface area contributed by atoms with E-state index in [2.05, 4.69) is 0 Å². The number of rotatable bonds is 0. The van der Waals surface area contributed by atoms with Gasteiger partial charge in [0, 0.05) is 0 Å². The Kier molecular flexibility index (Phi) is 13.9. The van der Waals surface area contributed by atoms with Crippen LogP contribution in [0.1, 0.15) is 0 Å². The van der Waals surface area contributed by atoms with Gasteiger partial charge in [0.05, 0.1) is 0 Å². The Hall–Kier alpha value is 1.96. The summed E-state index contributed by atoms with van der Waals surface area (Å²) >= 11 is -3.29. The van der Waals surface area contributed by atoms with Crippen LogP contribution in [0.5, 0.6) is 0 Å². The van der Waals surface area contributed by atoms with Crippen LogP contribution in [0.3, 0.4) is 0 Å². The summed E-state index contributed by atoms with van der Waals surface area (Å²) in [6, 6.07) is 0. The zero-order chi connectivity index (χ0) is 4.50. The second kappa shape index (κ2) is 6.09. The molecular formula is H4Cl4O2Zr. The molecule has 0 aromatic rings. The molecular weight excluding hydrogens is 265 g/mol. The molecule has 7 heavy (non-hydrogen) atoms. The van der Waals surface area contributed by atoms with Crippen molar-refractivity contribution in [2.24, 2.45) is 0 Å². The maximum atomic E-state index is 5.04. The Morgan fingerprint density at radius 2 is 0.714 bits per heavy atom. The first kappa shape index (κ1) is 16.0. The second-order valence-electron chi connectivity index (χ2n) is 0.429. The average molecular weight is 269 g/mol. The summed E-state index contributed by atoms with van der Waals surface area (Å²) in [5, 5.41) is 0. The first-order chi connectivity index (χ1) is 2.00. The summed E-state index contributed by atoms with van der Waals surface area (Å²) in [7, 11) is 20.1. The van der Waals surface area contributed by atoms with Gasteiger partial charge in [0.1, 0.15) is 0 Å². The van der Waals surface area contributed by atoms with Crippen molar-refractivity contribution in [3.63, 3.8) is 0 Å². The van der Waals surface area contributed by atoms with Gasteiger partial charge in [-0.1, -0.05) is 0 Å². The molecule has 0 aliphatic carbocycles. The van der Waals surface area contributed by atoms with Crippen molar-refractivity contribution in [1.29, 1.82) is 0 Å². The Labute approximate surface area is 59.9 Å². The van der Waals surface area contributed by atoms with E-state index in [9.17, 15) is 0 Å². The molecule has 0 heterocycles. The van der Waals surface area contributed by atoms with Crippen LogP contribution < -0.4 is 0 Å². The molecule has 0 bridgehead atoms. The van der Waals surface area contributed by atoms with E-state index in [1.165, 1.54) is 0 Å². The first-order valence-corrected chi connectivity index (χ1v) is 13.4. The summed E-state index contributed by atoms with van der Waals surface area (Å²) in [6.07, 6.45) is 0. The fourth-order valence-corrected chi connectivity index (χ4v) is 0. The zero-order valence-corrected chi connectivity index (χ0v) is 8.49. The Morgan fingerprint density at radius 1 is 0.714 bits per heavy atom. The molecule has 0 spiro atoms. The van der Waals surface area contributed by atoms with Crippen molar-refractivity contribution in [2.45, 2.75) is 0 Å². The van der Waals surface area contributed by atoms with E-state index in [0.717, 1.165) is 0 Å². The third-order valence-electron chi connectivity index (χ3n) is 0. The van der Waals surface area contributed by atoms with Crippen molar-refractivity contribution in [3.8, 4) is 0 Å². The Morgan fingerprint density at radius 3 is 0.714 bits per heavy atom. The van der Waals surface area contributed by atoms with Crippen LogP contribution in [0.4, 0.5) is 0 Å². The molecule has 0 rings (SSSR count). The molecule has 2 nitrogen and oxygen atoms in total. The molecule has 0 aliphatic rings. The van der Waals surface area contributed by atoms with Crippen LogP contribution >= 0.6 is 34.1 Å². The maximum absolute atomic E-state index is 5.04. The van der Waals surface area contributed by atoms with E-state index < -0.39 is 15.5 Å². The monoisotopic (exact) mass is 266 g/mol. The van der Waals surface area contributed by atoms with Gasteiger partial charge in [-0.15, -0.1) is 0 Å². The van der Waals surface area contributed by atoms with E-state index in [0.29, 0.717) is 0 Å². The van der Waals surface area contributed by atoms with Gasteiger partial charge in [0.25, 0.3) is 0 Å². The zero-order valence-electron chi connectivity index (χ0n) is 3.01. The molecule has 0 aliphatic heterocycles. The summed E-state index contributed by atoms with van der Waals surface area (Å²) in [5.74, 6) is 0. The molecule has 0 aromatic carbocycles. The molecule has 0 saturated heterocycles. The van der Waals surface area contributed by atoms with Gasteiger partial charge in [-0.2, -0.15) is 0 Å². The molecule has 0 saturated carbocycles. The van der Waals surface area contributed by atoms with Gasteiger partial charge in [-0.3, -0.25) is 0 Å². The van der Waals surface area contributed by atoms with Gasteiger partial charge >= 0.3 is 49.5 Å². The normalized spacial score (nSPS) is 8.57. The van der Waals surface area contributed by atoms with E-state index in [-0.39, 0.29) is 11.0 Å². The minimum atomic E-state index is -3.29. The second-order valence-corrected chi connectivity index (χ2v) is 22.8. The van der Waals surface area contributed by atoms with Gasteiger partial charge in [0.2, 0.25) is 0 Å². The molecule has 0 amide bonds. The van der Waals surface area contributed by atoms with Crippen LogP contribution in [-0.2, 0) is 15.5 Å². The van der Waals surface area contributed by atoms with Crippen molar-refractivity contribution in [3.05, 3.63) is 0 Å². The SMILES string of the molecule is O.O.[Cl][Zr]([Cl])([Cl])[Cl]. The number of hydrogen-bond acceptors (Lipinski definition) is 0. The fourth-order valence-electron chi connectivity index (χ4n) is 0. The first-order valence-electron chi connectivity index (χ1n) is 0.756. The molecule has 0 atom stereocenters. The van der Waals surface area contributed by atoms with Crippen LogP contribution in [0.15, 0.2) is 0 Å². The Balaban J connectivity index is -0.0000000800. The third-order valence-corrected chi connectivity index (χ3v) is 0. The van der Waals surface area contributed by atoms with Gasteiger partial charge in [-0.25, -0.2) is 0 Å². The molecule has 4 N–H and O–H groups in total. The quantitative estimate of drug-likeness (QED) is 0.632. The van der Waals surface area contributed by atoms with Crippen molar-refractivity contribution in [1.82, 2.24) is 0 Å². The predicted octanol–water partition coefficient (Wildman–Crippen LogP) is 1.11. The van der Waals surface area contributed by atoms with E-state index in [1.54, 1.807) is 0 Å². The van der Waals surface area contributed by atoms with Crippen molar-refractivity contribution < 1.29 is 26.4 Å². The summed E-state index contributed by atoms with van der Waals surface area (Å²) in [5.41, 5.74) is 0. The van der Waals surface area contributed by atoms with Gasteiger partial charge in [-0.05, 0) is 0 Å². The van der Waals surface area contributed by atoms with Crippen LogP contribution in [0.25, 0.3) is 0 Å². The Bertz CT molecular complexity index is 25.2. The number of hydrogen-bond donors (Lipinski definition) is 0.